The van der Waals surface area contributed by atoms with E-state index in [1.165, 1.54) is 0 Å². The number of carbonyl (C=O) groups is 2. The Labute approximate surface area is 243 Å². The molecule has 0 fully saturated rings. The normalized spacial score (nSPS) is 13.1. The van der Waals surface area contributed by atoms with E-state index < -0.39 is 39.8 Å². The van der Waals surface area contributed by atoms with Gasteiger partial charge in [-0.05, 0) is 41.7 Å². The maximum Gasteiger partial charge on any atom is 0.408 e. The molecule has 5 rings (SSSR count). The molecule has 42 heavy (non-hydrogen) atoms. The molecule has 2 N–H and O–H groups in total. The fourth-order valence-corrected chi connectivity index (χ4v) is 6.35. The Balaban J connectivity index is 1.28. The van der Waals surface area contributed by atoms with Crippen LogP contribution in [0.25, 0.3) is 44.2 Å². The van der Waals surface area contributed by atoms with Crippen LogP contribution in [0.1, 0.15) is 25.8 Å². The molecule has 0 aliphatic rings. The number of amides is 1. The van der Waals surface area contributed by atoms with Crippen molar-refractivity contribution in [2.24, 2.45) is 0 Å². The summed E-state index contributed by atoms with van der Waals surface area (Å²) in [4.78, 5) is 23.5. The number of fused-ring (bicyclic) bond motifs is 3. The maximum atomic E-state index is 12.8. The quantitative estimate of drug-likeness (QED) is 0.184. The SMILES string of the molecule is CCC(C)OC(=O)NC(CS(=O)(=O)Cc1ccc(-c2ccc(-c3cccc4c3oc3ccccc34)cc2)cc1)C(=O)O. The lowest BCUT2D eigenvalue weighted by atomic mass is 9.98. The molecule has 0 aliphatic heterocycles. The standard InChI is InChI=1S/C33H31NO7S/c1-3-21(2)40-33(37)34-29(32(35)36)20-42(38,39)19-22-11-13-23(14-12-22)24-15-17-25(18-16-24)26-8-6-9-28-27-7-4-5-10-30(27)41-31(26)28/h4-18,21,29H,3,19-20H2,1-2H3,(H,34,37)(H,35,36). The van der Waals surface area contributed by atoms with Crippen LogP contribution < -0.4 is 5.32 Å². The Bertz CT molecular complexity index is 1840. The third-order valence-corrected chi connectivity index (χ3v) is 8.78. The Morgan fingerprint density at radius 3 is 2.14 bits per heavy atom. The number of nitrogens with one attached hydrogen (secondary N) is 1. The van der Waals surface area contributed by atoms with E-state index >= 15 is 0 Å². The first-order valence-corrected chi connectivity index (χ1v) is 15.5. The Morgan fingerprint density at radius 2 is 1.48 bits per heavy atom. The van der Waals surface area contributed by atoms with E-state index in [0.717, 1.165) is 44.2 Å². The Morgan fingerprint density at radius 1 is 0.857 bits per heavy atom. The van der Waals surface area contributed by atoms with Gasteiger partial charge in [-0.15, -0.1) is 0 Å². The van der Waals surface area contributed by atoms with Gasteiger partial charge >= 0.3 is 12.1 Å². The molecule has 1 aromatic heterocycles. The minimum absolute atomic E-state index is 0.362. The first-order chi connectivity index (χ1) is 20.1. The highest BCUT2D eigenvalue weighted by Gasteiger charge is 2.28. The number of aliphatic carboxylic acids is 1. The topological polar surface area (TPSA) is 123 Å². The average molecular weight is 586 g/mol. The summed E-state index contributed by atoms with van der Waals surface area (Å²) in [6, 6.07) is 27.6. The number of carboxylic acid groups (broad SMARTS) is 1. The van der Waals surface area contributed by atoms with Gasteiger partial charge in [-0.2, -0.15) is 0 Å². The van der Waals surface area contributed by atoms with Crippen LogP contribution in [0.3, 0.4) is 0 Å². The van der Waals surface area contributed by atoms with Gasteiger partial charge in [0.1, 0.15) is 23.3 Å². The zero-order valence-corrected chi connectivity index (χ0v) is 24.1. The molecule has 5 aromatic rings. The molecule has 1 amide bonds. The third-order valence-electron chi connectivity index (χ3n) is 7.17. The minimum Gasteiger partial charge on any atom is -0.480 e. The molecule has 2 unspecified atom stereocenters. The largest absolute Gasteiger partial charge is 0.480 e. The zero-order chi connectivity index (χ0) is 29.9. The molecule has 0 aliphatic carbocycles. The van der Waals surface area contributed by atoms with Crippen LogP contribution in [0.5, 0.6) is 0 Å². The molecule has 9 heteroatoms. The van der Waals surface area contributed by atoms with E-state index in [1.807, 2.05) is 73.7 Å². The summed E-state index contributed by atoms with van der Waals surface area (Å²) in [5.74, 6) is -2.56. The number of benzene rings is 4. The summed E-state index contributed by atoms with van der Waals surface area (Å²) in [6.45, 7) is 3.47. The first-order valence-electron chi connectivity index (χ1n) is 13.6. The van der Waals surface area contributed by atoms with Crippen LogP contribution in [0, 0.1) is 0 Å². The highest BCUT2D eigenvalue weighted by Crippen LogP contribution is 2.36. The van der Waals surface area contributed by atoms with Gasteiger partial charge in [0.05, 0.1) is 11.5 Å². The van der Waals surface area contributed by atoms with Crippen LogP contribution in [0.15, 0.2) is 95.4 Å². The van der Waals surface area contributed by atoms with Crippen molar-refractivity contribution in [3.05, 3.63) is 96.6 Å². The van der Waals surface area contributed by atoms with E-state index in [1.54, 1.807) is 19.1 Å². The van der Waals surface area contributed by atoms with Crippen molar-refractivity contribution in [1.82, 2.24) is 5.32 Å². The maximum absolute atomic E-state index is 12.8. The highest BCUT2D eigenvalue weighted by atomic mass is 32.2. The van der Waals surface area contributed by atoms with Crippen LogP contribution in [-0.4, -0.2) is 43.5 Å². The van der Waals surface area contributed by atoms with E-state index in [9.17, 15) is 23.1 Å². The average Bonchev–Trinajstić information content (AvgIpc) is 3.36. The number of alkyl carbamates (subject to hydrolysis) is 1. The lowest BCUT2D eigenvalue weighted by Gasteiger charge is -2.17. The minimum atomic E-state index is -3.86. The second-order valence-electron chi connectivity index (χ2n) is 10.3. The molecule has 0 bridgehead atoms. The number of sulfone groups is 1. The van der Waals surface area contributed by atoms with Crippen LogP contribution in [0.2, 0.25) is 0 Å². The molecule has 0 saturated heterocycles. The summed E-state index contributed by atoms with van der Waals surface area (Å²) >= 11 is 0. The van der Waals surface area contributed by atoms with Gasteiger partial charge in [-0.25, -0.2) is 18.0 Å². The van der Waals surface area contributed by atoms with Crippen molar-refractivity contribution in [1.29, 1.82) is 0 Å². The second-order valence-corrected chi connectivity index (χ2v) is 12.4. The number of furan rings is 1. The molecule has 0 spiro atoms. The second kappa shape index (κ2) is 12.1. The number of ether oxygens (including phenoxy) is 1. The smallest absolute Gasteiger partial charge is 0.408 e. The molecule has 0 radical (unpaired) electrons. The number of hydrogen-bond donors (Lipinski definition) is 2. The van der Waals surface area contributed by atoms with Gasteiger partial charge in [0.25, 0.3) is 0 Å². The fraction of sp³-hybridized carbons (Fsp3) is 0.212. The van der Waals surface area contributed by atoms with Gasteiger partial charge < -0.3 is 19.6 Å². The third kappa shape index (κ3) is 6.47. The van der Waals surface area contributed by atoms with E-state index in [4.69, 9.17) is 9.15 Å². The molecule has 8 nitrogen and oxygen atoms in total. The predicted octanol–water partition coefficient (Wildman–Crippen LogP) is 6.81. The zero-order valence-electron chi connectivity index (χ0n) is 23.2. The molecule has 0 saturated carbocycles. The molecule has 216 valence electrons. The van der Waals surface area contributed by atoms with Crippen molar-refractivity contribution >= 4 is 43.8 Å². The lowest BCUT2D eigenvalue weighted by molar-refractivity contribution is -0.138. The molecular formula is C33H31NO7S. The van der Waals surface area contributed by atoms with Crippen molar-refractivity contribution in [2.45, 2.75) is 38.2 Å². The lowest BCUT2D eigenvalue weighted by Crippen LogP contribution is -2.46. The summed E-state index contributed by atoms with van der Waals surface area (Å²) in [6.07, 6.45) is -0.837. The highest BCUT2D eigenvalue weighted by molar-refractivity contribution is 7.90. The van der Waals surface area contributed by atoms with Gasteiger partial charge in [-0.1, -0.05) is 91.9 Å². The summed E-state index contributed by atoms with van der Waals surface area (Å²) in [5.41, 5.74) is 6.07. The number of carboxylic acids is 1. The van der Waals surface area contributed by atoms with Gasteiger partial charge in [0.2, 0.25) is 0 Å². The van der Waals surface area contributed by atoms with Crippen LogP contribution in [-0.2, 0) is 25.1 Å². The Kier molecular flexibility index (Phi) is 8.31. The molecule has 1 heterocycles. The Hall–Kier alpha value is -4.63. The summed E-state index contributed by atoms with van der Waals surface area (Å²) < 4.78 is 36.8. The van der Waals surface area contributed by atoms with Gasteiger partial charge in [0, 0.05) is 16.3 Å². The van der Waals surface area contributed by atoms with E-state index in [2.05, 4.69) is 17.4 Å². The number of hydrogen-bond acceptors (Lipinski definition) is 6. The van der Waals surface area contributed by atoms with E-state index in [0.29, 0.717) is 12.0 Å². The number of para-hydroxylation sites is 2. The fourth-order valence-electron chi connectivity index (χ4n) is 4.79. The van der Waals surface area contributed by atoms with Crippen molar-refractivity contribution in [3.63, 3.8) is 0 Å². The molecule has 2 atom stereocenters. The number of carbonyl (C=O) groups excluding carboxylic acids is 1. The molecular weight excluding hydrogens is 554 g/mol. The van der Waals surface area contributed by atoms with Gasteiger partial charge in [-0.3, -0.25) is 0 Å². The van der Waals surface area contributed by atoms with Crippen LogP contribution in [0.4, 0.5) is 4.79 Å². The monoisotopic (exact) mass is 585 g/mol. The van der Waals surface area contributed by atoms with Crippen molar-refractivity contribution in [3.8, 4) is 22.3 Å². The van der Waals surface area contributed by atoms with E-state index in [-0.39, 0.29) is 5.75 Å². The molecule has 4 aromatic carbocycles. The van der Waals surface area contributed by atoms with Crippen molar-refractivity contribution in [2.75, 3.05) is 5.75 Å². The van der Waals surface area contributed by atoms with Crippen molar-refractivity contribution < 1.29 is 32.3 Å². The predicted molar refractivity (Wildman–Crippen MR) is 163 cm³/mol. The van der Waals surface area contributed by atoms with Gasteiger partial charge in [0.15, 0.2) is 9.84 Å². The first kappa shape index (κ1) is 28.9. The summed E-state index contributed by atoms with van der Waals surface area (Å²) in [7, 11) is -3.86. The van der Waals surface area contributed by atoms with Crippen LogP contribution >= 0.6 is 0 Å². The summed E-state index contributed by atoms with van der Waals surface area (Å²) in [5, 5.41) is 13.7. The number of rotatable bonds is 10.